The summed E-state index contributed by atoms with van der Waals surface area (Å²) in [7, 11) is 1.57. The van der Waals surface area contributed by atoms with E-state index in [1.165, 1.54) is 6.42 Å². The molecule has 8 heteroatoms. The van der Waals surface area contributed by atoms with Crippen molar-refractivity contribution in [3.05, 3.63) is 0 Å². The quantitative estimate of drug-likeness (QED) is 0.586. The molecule has 0 radical (unpaired) electrons. The summed E-state index contributed by atoms with van der Waals surface area (Å²) < 4.78 is 6.28. The second-order valence-electron chi connectivity index (χ2n) is 8.62. The molecule has 3 amide bonds. The highest BCUT2D eigenvalue weighted by Crippen LogP contribution is 2.58. The Morgan fingerprint density at radius 3 is 2.64 bits per heavy atom. The van der Waals surface area contributed by atoms with Crippen LogP contribution in [0.15, 0.2) is 0 Å². The van der Waals surface area contributed by atoms with E-state index in [2.05, 4.69) is 10.6 Å². The van der Waals surface area contributed by atoms with Crippen molar-refractivity contribution in [2.45, 2.75) is 75.2 Å². The highest BCUT2D eigenvalue weighted by molar-refractivity contribution is 5.98. The summed E-state index contributed by atoms with van der Waals surface area (Å²) in [6.07, 6.45) is 6.72. The van der Waals surface area contributed by atoms with E-state index in [4.69, 9.17) is 4.74 Å². The smallest absolute Gasteiger partial charge is 0.246 e. The molecule has 3 saturated heterocycles. The van der Waals surface area contributed by atoms with Gasteiger partial charge in [-0.05, 0) is 32.1 Å². The van der Waals surface area contributed by atoms with Crippen LogP contribution < -0.4 is 10.6 Å². The molecule has 1 aliphatic carbocycles. The number of aliphatic hydroxyl groups is 1. The van der Waals surface area contributed by atoms with Crippen LogP contribution in [0.2, 0.25) is 0 Å². The third-order valence-electron chi connectivity index (χ3n) is 7.11. The lowest BCUT2D eigenvalue weighted by atomic mass is 9.70. The van der Waals surface area contributed by atoms with Crippen molar-refractivity contribution in [3.8, 4) is 0 Å². The van der Waals surface area contributed by atoms with Gasteiger partial charge in [-0.3, -0.25) is 14.4 Å². The number of rotatable bonds is 6. The SMILES string of the molecule is CNC(=O)[C@@H]1[C@H]2C(=O)N(CCCO)C(C(=O)NC3CCCCC3)C23CC[C@H]1O3. The fourth-order valence-electron chi connectivity index (χ4n) is 5.93. The Labute approximate surface area is 165 Å². The highest BCUT2D eigenvalue weighted by atomic mass is 16.5. The van der Waals surface area contributed by atoms with Gasteiger partial charge in [0, 0.05) is 26.2 Å². The second-order valence-corrected chi connectivity index (χ2v) is 8.62. The molecule has 156 valence electrons. The molecule has 4 rings (SSSR count). The van der Waals surface area contributed by atoms with E-state index in [-0.39, 0.29) is 36.5 Å². The molecule has 28 heavy (non-hydrogen) atoms. The zero-order valence-corrected chi connectivity index (χ0v) is 16.5. The number of amides is 3. The summed E-state index contributed by atoms with van der Waals surface area (Å²) in [5.41, 5.74) is -0.923. The Morgan fingerprint density at radius 2 is 1.96 bits per heavy atom. The standard InChI is InChI=1S/C20H31N3O5/c1-21-17(25)14-13-8-9-20(28-13)15(14)19(27)23(10-5-11-24)16(20)18(26)22-12-6-3-2-4-7-12/h12-16,24H,2-11H2,1H3,(H,21,25)(H,22,26)/t13-,14+,15+,16?,20?/m1/s1. The Bertz CT molecular complexity index is 650. The first-order chi connectivity index (χ1) is 13.5. The molecule has 8 nitrogen and oxygen atoms in total. The Balaban J connectivity index is 1.63. The van der Waals surface area contributed by atoms with E-state index in [1.807, 2.05) is 0 Å². The number of hydrogen-bond acceptors (Lipinski definition) is 5. The zero-order valence-electron chi connectivity index (χ0n) is 16.5. The number of aliphatic hydroxyl groups excluding tert-OH is 1. The van der Waals surface area contributed by atoms with Gasteiger partial charge in [0.2, 0.25) is 17.7 Å². The minimum atomic E-state index is -0.923. The van der Waals surface area contributed by atoms with Gasteiger partial charge in [0.05, 0.1) is 17.9 Å². The van der Waals surface area contributed by atoms with Gasteiger partial charge in [0.1, 0.15) is 11.6 Å². The third-order valence-corrected chi connectivity index (χ3v) is 7.11. The van der Waals surface area contributed by atoms with Gasteiger partial charge >= 0.3 is 0 Å². The molecule has 3 heterocycles. The van der Waals surface area contributed by atoms with Gasteiger partial charge < -0.3 is 25.4 Å². The fourth-order valence-corrected chi connectivity index (χ4v) is 5.93. The van der Waals surface area contributed by atoms with E-state index < -0.39 is 23.5 Å². The maximum atomic E-state index is 13.4. The van der Waals surface area contributed by atoms with Crippen LogP contribution in [0.5, 0.6) is 0 Å². The van der Waals surface area contributed by atoms with Gasteiger partial charge in [-0.1, -0.05) is 19.3 Å². The van der Waals surface area contributed by atoms with Gasteiger partial charge in [-0.15, -0.1) is 0 Å². The molecule has 0 aromatic rings. The summed E-state index contributed by atoms with van der Waals surface area (Å²) in [6.45, 7) is 0.242. The number of nitrogens with one attached hydrogen (secondary N) is 2. The number of nitrogens with zero attached hydrogens (tertiary/aromatic N) is 1. The lowest BCUT2D eigenvalue weighted by molar-refractivity contribution is -0.142. The highest BCUT2D eigenvalue weighted by Gasteiger charge is 2.74. The normalized spacial score (nSPS) is 37.2. The molecular weight excluding hydrogens is 362 g/mol. The average Bonchev–Trinajstić information content (AvgIpc) is 3.34. The van der Waals surface area contributed by atoms with Crippen LogP contribution in [0.4, 0.5) is 0 Å². The van der Waals surface area contributed by atoms with Crippen LogP contribution in [0, 0.1) is 11.8 Å². The summed E-state index contributed by atoms with van der Waals surface area (Å²) in [4.78, 5) is 40.7. The lowest BCUT2D eigenvalue weighted by Gasteiger charge is -2.35. The molecule has 2 unspecified atom stereocenters. The number of hydrogen-bond donors (Lipinski definition) is 3. The van der Waals surface area contributed by atoms with E-state index in [0.29, 0.717) is 25.8 Å². The monoisotopic (exact) mass is 393 g/mol. The van der Waals surface area contributed by atoms with Gasteiger partial charge in [0.15, 0.2) is 0 Å². The minimum Gasteiger partial charge on any atom is -0.396 e. The first kappa shape index (κ1) is 19.6. The topological polar surface area (TPSA) is 108 Å². The van der Waals surface area contributed by atoms with Crippen molar-refractivity contribution < 1.29 is 24.2 Å². The predicted molar refractivity (Wildman–Crippen MR) is 100 cm³/mol. The molecule has 3 aliphatic heterocycles. The van der Waals surface area contributed by atoms with Crippen LogP contribution in [0.25, 0.3) is 0 Å². The second kappa shape index (κ2) is 7.63. The first-order valence-electron chi connectivity index (χ1n) is 10.6. The number of carbonyl (C=O) groups excluding carboxylic acids is 3. The van der Waals surface area contributed by atoms with Crippen LogP contribution >= 0.6 is 0 Å². The first-order valence-corrected chi connectivity index (χ1v) is 10.6. The molecule has 5 atom stereocenters. The maximum absolute atomic E-state index is 13.4. The van der Waals surface area contributed by atoms with Crippen molar-refractivity contribution in [3.63, 3.8) is 0 Å². The Kier molecular flexibility index (Phi) is 5.35. The number of likely N-dealkylation sites (tertiary alicyclic amines) is 1. The summed E-state index contributed by atoms with van der Waals surface area (Å²) in [5, 5.41) is 15.1. The molecular formula is C20H31N3O5. The van der Waals surface area contributed by atoms with E-state index in [0.717, 1.165) is 25.7 Å². The number of ether oxygens (including phenoxy) is 1. The van der Waals surface area contributed by atoms with Crippen molar-refractivity contribution in [1.29, 1.82) is 0 Å². The van der Waals surface area contributed by atoms with Gasteiger partial charge in [0.25, 0.3) is 0 Å². The van der Waals surface area contributed by atoms with Crippen molar-refractivity contribution in [2.24, 2.45) is 11.8 Å². The van der Waals surface area contributed by atoms with Gasteiger partial charge in [-0.25, -0.2) is 0 Å². The van der Waals surface area contributed by atoms with Crippen LogP contribution in [-0.2, 0) is 19.1 Å². The van der Waals surface area contributed by atoms with Crippen molar-refractivity contribution in [2.75, 3.05) is 20.2 Å². The van der Waals surface area contributed by atoms with Gasteiger partial charge in [-0.2, -0.15) is 0 Å². The molecule has 0 aromatic heterocycles. The minimum absolute atomic E-state index is 0.0548. The fraction of sp³-hybridized carbons (Fsp3) is 0.850. The van der Waals surface area contributed by atoms with E-state index in [9.17, 15) is 19.5 Å². The summed E-state index contributed by atoms with van der Waals surface area (Å²) >= 11 is 0. The summed E-state index contributed by atoms with van der Waals surface area (Å²) in [6, 6.07) is -0.585. The van der Waals surface area contributed by atoms with Crippen LogP contribution in [0.3, 0.4) is 0 Å². The molecule has 4 aliphatic rings. The molecule has 1 saturated carbocycles. The van der Waals surface area contributed by atoms with E-state index in [1.54, 1.807) is 11.9 Å². The summed E-state index contributed by atoms with van der Waals surface area (Å²) in [5.74, 6) is -1.71. The van der Waals surface area contributed by atoms with Crippen LogP contribution in [-0.4, -0.2) is 71.7 Å². The molecule has 1 spiro atoms. The lowest BCUT2D eigenvalue weighted by Crippen LogP contribution is -2.57. The molecule has 4 fully saturated rings. The molecule has 2 bridgehead atoms. The average molecular weight is 393 g/mol. The van der Waals surface area contributed by atoms with Crippen molar-refractivity contribution in [1.82, 2.24) is 15.5 Å². The van der Waals surface area contributed by atoms with Crippen LogP contribution in [0.1, 0.15) is 51.4 Å². The largest absolute Gasteiger partial charge is 0.396 e. The number of fused-ring (bicyclic) bond motifs is 1. The van der Waals surface area contributed by atoms with E-state index >= 15 is 0 Å². The molecule has 3 N–H and O–H groups in total. The Morgan fingerprint density at radius 1 is 1.21 bits per heavy atom. The maximum Gasteiger partial charge on any atom is 0.246 e. The number of carbonyl (C=O) groups is 3. The molecule has 0 aromatic carbocycles. The third kappa shape index (κ3) is 2.92. The zero-order chi connectivity index (χ0) is 19.9. The predicted octanol–water partition coefficient (Wildman–Crippen LogP) is -0.0617. The van der Waals surface area contributed by atoms with Crippen molar-refractivity contribution >= 4 is 17.7 Å². The Hall–Kier alpha value is -1.67.